The molecule has 5 heteroatoms. The quantitative estimate of drug-likeness (QED) is 0.833. The molecule has 1 heterocycles. The Hall–Kier alpha value is -0.650. The van der Waals surface area contributed by atoms with E-state index in [1.165, 1.54) is 4.88 Å². The molecule has 0 radical (unpaired) electrons. The minimum atomic E-state index is -0.0353. The fourth-order valence-corrected chi connectivity index (χ4v) is 3.40. The fourth-order valence-electron chi connectivity index (χ4n) is 1.52. The van der Waals surface area contributed by atoms with Crippen molar-refractivity contribution >= 4 is 49.1 Å². The van der Waals surface area contributed by atoms with Crippen molar-refractivity contribution in [1.29, 1.82) is 0 Å². The lowest BCUT2D eigenvalue weighted by Crippen LogP contribution is -2.25. The zero-order valence-electron chi connectivity index (χ0n) is 9.45. The Morgan fingerprint density at radius 1 is 1.22 bits per heavy atom. The van der Waals surface area contributed by atoms with Gasteiger partial charge < -0.3 is 5.32 Å². The molecule has 1 aromatic carbocycles. The second kappa shape index (κ2) is 6.50. The van der Waals surface area contributed by atoms with Crippen LogP contribution in [-0.2, 0) is 6.42 Å². The molecule has 0 aliphatic carbocycles. The molecule has 18 heavy (non-hydrogen) atoms. The van der Waals surface area contributed by atoms with Crippen LogP contribution in [0.15, 0.2) is 44.7 Å². The predicted molar refractivity (Wildman–Crippen MR) is 82.2 cm³/mol. The number of nitrogens with one attached hydrogen (secondary N) is 1. The third-order valence-corrected chi connectivity index (χ3v) is 4.55. The molecular weight excluding hydrogens is 378 g/mol. The van der Waals surface area contributed by atoms with Gasteiger partial charge in [0.2, 0.25) is 0 Å². The van der Waals surface area contributed by atoms with E-state index in [1.54, 1.807) is 11.3 Å². The van der Waals surface area contributed by atoms with E-state index in [0.717, 1.165) is 14.7 Å². The van der Waals surface area contributed by atoms with Crippen LogP contribution in [0.5, 0.6) is 0 Å². The van der Waals surface area contributed by atoms with Gasteiger partial charge in [0.1, 0.15) is 0 Å². The number of halogens is 2. The lowest BCUT2D eigenvalue weighted by molar-refractivity contribution is 0.0954. The van der Waals surface area contributed by atoms with Crippen LogP contribution < -0.4 is 5.32 Å². The van der Waals surface area contributed by atoms with Crippen molar-refractivity contribution in [2.75, 3.05) is 6.54 Å². The average molecular weight is 389 g/mol. The Balaban J connectivity index is 1.85. The van der Waals surface area contributed by atoms with Crippen molar-refractivity contribution in [2.45, 2.75) is 6.42 Å². The topological polar surface area (TPSA) is 29.1 Å². The third kappa shape index (κ3) is 3.93. The van der Waals surface area contributed by atoms with Crippen molar-refractivity contribution in [2.24, 2.45) is 0 Å². The Bertz CT molecular complexity index is 553. The molecule has 94 valence electrons. The molecule has 0 bridgehead atoms. The summed E-state index contributed by atoms with van der Waals surface area (Å²) in [5.74, 6) is -0.0353. The predicted octanol–water partition coefficient (Wildman–Crippen LogP) is 4.25. The van der Waals surface area contributed by atoms with Gasteiger partial charge in [-0.05, 0) is 52.7 Å². The van der Waals surface area contributed by atoms with Crippen LogP contribution in [0.1, 0.15) is 15.2 Å². The molecule has 0 saturated heterocycles. The Morgan fingerprint density at radius 2 is 2.06 bits per heavy atom. The minimum Gasteiger partial charge on any atom is -0.352 e. The van der Waals surface area contributed by atoms with E-state index in [4.69, 9.17) is 0 Å². The van der Waals surface area contributed by atoms with E-state index >= 15 is 0 Å². The van der Waals surface area contributed by atoms with Gasteiger partial charge in [-0.25, -0.2) is 0 Å². The molecule has 2 aromatic rings. The van der Waals surface area contributed by atoms with Crippen molar-refractivity contribution in [3.8, 4) is 0 Å². The molecular formula is C13H11Br2NOS. The fraction of sp³-hybridized carbons (Fsp3) is 0.154. The number of thiophene rings is 1. The van der Waals surface area contributed by atoms with Crippen LogP contribution in [-0.4, -0.2) is 12.5 Å². The molecule has 0 aliphatic rings. The molecule has 1 amide bonds. The average Bonchev–Trinajstić information content (AvgIpc) is 2.75. The molecule has 0 fully saturated rings. The normalized spacial score (nSPS) is 10.3. The van der Waals surface area contributed by atoms with Crippen molar-refractivity contribution in [3.63, 3.8) is 0 Å². The van der Waals surface area contributed by atoms with Crippen LogP contribution in [0, 0.1) is 0 Å². The summed E-state index contributed by atoms with van der Waals surface area (Å²) in [6.45, 7) is 0.651. The first-order chi connectivity index (χ1) is 8.65. The summed E-state index contributed by atoms with van der Waals surface area (Å²) < 4.78 is 2.04. The zero-order valence-corrected chi connectivity index (χ0v) is 13.4. The van der Waals surface area contributed by atoms with Crippen molar-refractivity contribution in [3.05, 3.63) is 55.1 Å². The summed E-state index contributed by atoms with van der Waals surface area (Å²) in [5.41, 5.74) is 0.678. The molecule has 0 saturated carbocycles. The van der Waals surface area contributed by atoms with Crippen molar-refractivity contribution in [1.82, 2.24) is 5.32 Å². The van der Waals surface area contributed by atoms with Gasteiger partial charge in [0, 0.05) is 21.5 Å². The minimum absolute atomic E-state index is 0.0353. The highest BCUT2D eigenvalue weighted by atomic mass is 79.9. The van der Waals surface area contributed by atoms with Gasteiger partial charge in [-0.3, -0.25) is 4.79 Å². The van der Waals surface area contributed by atoms with E-state index in [9.17, 15) is 4.79 Å². The molecule has 0 spiro atoms. The van der Waals surface area contributed by atoms with Gasteiger partial charge >= 0.3 is 0 Å². The lowest BCUT2D eigenvalue weighted by atomic mass is 10.2. The summed E-state index contributed by atoms with van der Waals surface area (Å²) in [7, 11) is 0. The van der Waals surface area contributed by atoms with Crippen LogP contribution in [0.25, 0.3) is 0 Å². The molecule has 2 rings (SSSR count). The summed E-state index contributed by atoms with van der Waals surface area (Å²) in [5, 5.41) is 2.92. The molecule has 1 aromatic heterocycles. The van der Waals surface area contributed by atoms with E-state index in [-0.39, 0.29) is 5.91 Å². The highest BCUT2D eigenvalue weighted by Gasteiger charge is 2.05. The number of carbonyl (C=O) groups excluding carboxylic acids is 1. The Labute approximate surface area is 127 Å². The van der Waals surface area contributed by atoms with Gasteiger partial charge in [0.15, 0.2) is 0 Å². The smallest absolute Gasteiger partial charge is 0.251 e. The van der Waals surface area contributed by atoms with Crippen LogP contribution >= 0.6 is 43.2 Å². The second-order valence-electron chi connectivity index (χ2n) is 3.72. The molecule has 1 N–H and O–H groups in total. The van der Waals surface area contributed by atoms with Gasteiger partial charge in [0.25, 0.3) is 5.91 Å². The monoisotopic (exact) mass is 387 g/mol. The third-order valence-electron chi connectivity index (χ3n) is 2.37. The summed E-state index contributed by atoms with van der Waals surface area (Å²) in [4.78, 5) is 13.1. The molecule has 0 aliphatic heterocycles. The molecule has 2 nitrogen and oxygen atoms in total. The Morgan fingerprint density at radius 3 is 2.72 bits per heavy atom. The highest BCUT2D eigenvalue weighted by Crippen LogP contribution is 2.22. The Kier molecular flexibility index (Phi) is 4.97. The standard InChI is InChI=1S/C13H11Br2NOS/c14-10-3-1-2-9(8-10)13(17)16-7-6-11-4-5-12(15)18-11/h1-5,8H,6-7H2,(H,16,17). The van der Waals surface area contributed by atoms with Crippen LogP contribution in [0.4, 0.5) is 0 Å². The first-order valence-corrected chi connectivity index (χ1v) is 7.83. The van der Waals surface area contributed by atoms with Gasteiger partial charge in [0.05, 0.1) is 3.79 Å². The van der Waals surface area contributed by atoms with E-state index in [0.29, 0.717) is 12.1 Å². The van der Waals surface area contributed by atoms with Crippen LogP contribution in [0.3, 0.4) is 0 Å². The largest absolute Gasteiger partial charge is 0.352 e. The number of hydrogen-bond donors (Lipinski definition) is 1. The maximum Gasteiger partial charge on any atom is 0.251 e. The van der Waals surface area contributed by atoms with Gasteiger partial charge in [-0.1, -0.05) is 22.0 Å². The van der Waals surface area contributed by atoms with Gasteiger partial charge in [-0.2, -0.15) is 0 Å². The molecule has 0 unspecified atom stereocenters. The maximum absolute atomic E-state index is 11.9. The SMILES string of the molecule is O=C(NCCc1ccc(Br)s1)c1cccc(Br)c1. The first-order valence-electron chi connectivity index (χ1n) is 5.43. The number of carbonyl (C=O) groups is 1. The zero-order chi connectivity index (χ0) is 13.0. The summed E-state index contributed by atoms with van der Waals surface area (Å²) >= 11 is 8.47. The highest BCUT2D eigenvalue weighted by molar-refractivity contribution is 9.11. The maximum atomic E-state index is 11.9. The lowest BCUT2D eigenvalue weighted by Gasteiger charge is -2.04. The van der Waals surface area contributed by atoms with Crippen molar-refractivity contribution < 1.29 is 4.79 Å². The van der Waals surface area contributed by atoms with E-state index in [1.807, 2.05) is 30.3 Å². The van der Waals surface area contributed by atoms with Gasteiger partial charge in [-0.15, -0.1) is 11.3 Å². The van der Waals surface area contributed by atoms with Crippen LogP contribution in [0.2, 0.25) is 0 Å². The molecule has 0 atom stereocenters. The number of rotatable bonds is 4. The summed E-state index contributed by atoms with van der Waals surface area (Å²) in [6.07, 6.45) is 0.857. The first kappa shape index (κ1) is 13.8. The number of amides is 1. The summed E-state index contributed by atoms with van der Waals surface area (Å²) in [6, 6.07) is 11.5. The van der Waals surface area contributed by atoms with E-state index < -0.39 is 0 Å². The second-order valence-corrected chi connectivity index (χ2v) is 7.19. The van der Waals surface area contributed by atoms with E-state index in [2.05, 4.69) is 43.2 Å². The number of hydrogen-bond acceptors (Lipinski definition) is 2. The number of benzene rings is 1.